The van der Waals surface area contributed by atoms with Crippen molar-refractivity contribution in [2.24, 2.45) is 5.73 Å². The van der Waals surface area contributed by atoms with Gasteiger partial charge in [0.25, 0.3) is 0 Å². The Morgan fingerprint density at radius 3 is 2.52 bits per heavy atom. The minimum absolute atomic E-state index is 0.113. The number of aryl methyl sites for hydroxylation is 1. The van der Waals surface area contributed by atoms with Gasteiger partial charge < -0.3 is 10.8 Å². The summed E-state index contributed by atoms with van der Waals surface area (Å²) in [4.78, 5) is 0. The van der Waals surface area contributed by atoms with E-state index in [1.54, 1.807) is 19.1 Å². The van der Waals surface area contributed by atoms with Crippen LogP contribution in [0.2, 0.25) is 0 Å². The minimum atomic E-state index is -0.331. The number of nitrogens with two attached hydrogens (primary N) is 1. The predicted octanol–water partition coefficient (Wildman–Crippen LogP) is 4.90. The summed E-state index contributed by atoms with van der Waals surface area (Å²) < 4.78 is 15.1. The Labute approximate surface area is 134 Å². The van der Waals surface area contributed by atoms with Crippen LogP contribution in [0.3, 0.4) is 0 Å². The maximum Gasteiger partial charge on any atom is 0.134 e. The topological polar surface area (TPSA) is 46.2 Å². The van der Waals surface area contributed by atoms with Gasteiger partial charge in [0.15, 0.2) is 0 Å². The van der Waals surface area contributed by atoms with Crippen molar-refractivity contribution in [3.05, 3.63) is 71.6 Å². The highest BCUT2D eigenvalue weighted by Crippen LogP contribution is 2.38. The summed E-state index contributed by atoms with van der Waals surface area (Å²) in [5, 5.41) is 11.8. The molecular weight excluding hydrogens is 289 g/mol. The Morgan fingerprint density at radius 1 is 1.13 bits per heavy atom. The van der Waals surface area contributed by atoms with Gasteiger partial charge >= 0.3 is 0 Å². The Hall–Kier alpha value is -2.81. The molecule has 0 aromatic heterocycles. The number of phenolic OH excluding ortho intramolecular Hbond substituents is 1. The summed E-state index contributed by atoms with van der Waals surface area (Å²) in [7, 11) is 0. The molecule has 0 unspecified atom stereocenters. The van der Waals surface area contributed by atoms with Crippen LogP contribution in [0.5, 0.6) is 5.75 Å². The molecule has 0 saturated carbocycles. The summed E-state index contributed by atoms with van der Waals surface area (Å²) >= 11 is 0. The lowest BCUT2D eigenvalue weighted by molar-refractivity contribution is 0.476. The van der Waals surface area contributed by atoms with Crippen LogP contribution in [0.15, 0.2) is 49.0 Å². The first-order valence-corrected chi connectivity index (χ1v) is 7.36. The molecule has 0 fully saturated rings. The Bertz CT molecular complexity index is 944. The summed E-state index contributed by atoms with van der Waals surface area (Å²) in [5.74, 6) is -0.218. The lowest BCUT2D eigenvalue weighted by Gasteiger charge is -2.16. The molecule has 23 heavy (non-hydrogen) atoms. The van der Waals surface area contributed by atoms with Crippen molar-refractivity contribution in [1.29, 1.82) is 0 Å². The van der Waals surface area contributed by atoms with Gasteiger partial charge in [0.1, 0.15) is 11.6 Å². The van der Waals surface area contributed by atoms with E-state index in [1.807, 2.05) is 37.3 Å². The summed E-state index contributed by atoms with van der Waals surface area (Å²) in [6.07, 6.45) is 0. The van der Waals surface area contributed by atoms with Crippen LogP contribution in [0.1, 0.15) is 16.7 Å². The number of benzene rings is 3. The summed E-state index contributed by atoms with van der Waals surface area (Å²) in [5.41, 5.74) is 9.10. The molecule has 3 aromatic carbocycles. The first-order chi connectivity index (χ1) is 10.9. The van der Waals surface area contributed by atoms with E-state index >= 15 is 4.39 Å². The van der Waals surface area contributed by atoms with E-state index in [2.05, 4.69) is 6.58 Å². The quantitative estimate of drug-likeness (QED) is 0.707. The van der Waals surface area contributed by atoms with E-state index in [1.165, 1.54) is 0 Å². The van der Waals surface area contributed by atoms with E-state index in [0.717, 1.165) is 16.3 Å². The molecule has 116 valence electrons. The number of halogens is 1. The van der Waals surface area contributed by atoms with Crippen LogP contribution < -0.4 is 5.73 Å². The van der Waals surface area contributed by atoms with Gasteiger partial charge in [0.05, 0.1) is 0 Å². The van der Waals surface area contributed by atoms with Crippen molar-refractivity contribution in [2.75, 3.05) is 0 Å². The number of hydrogen-bond acceptors (Lipinski definition) is 2. The molecule has 0 aliphatic heterocycles. The molecule has 0 atom stereocenters. The average Bonchev–Trinajstić information content (AvgIpc) is 2.50. The Morgan fingerprint density at radius 2 is 1.83 bits per heavy atom. The lowest BCUT2D eigenvalue weighted by atomic mass is 9.90. The van der Waals surface area contributed by atoms with Gasteiger partial charge in [-0.15, -0.1) is 0 Å². The van der Waals surface area contributed by atoms with Gasteiger partial charge in [-0.3, -0.25) is 0 Å². The molecule has 0 aliphatic rings. The van der Waals surface area contributed by atoms with Crippen LogP contribution in [0.4, 0.5) is 4.39 Å². The van der Waals surface area contributed by atoms with Gasteiger partial charge in [-0.1, -0.05) is 30.8 Å². The van der Waals surface area contributed by atoms with Crippen LogP contribution >= 0.6 is 0 Å². The molecule has 0 spiro atoms. The van der Waals surface area contributed by atoms with Gasteiger partial charge in [-0.05, 0) is 59.5 Å². The summed E-state index contributed by atoms with van der Waals surface area (Å²) in [6.45, 7) is 7.23. The average molecular weight is 307 g/mol. The highest BCUT2D eigenvalue weighted by Gasteiger charge is 2.18. The molecule has 0 bridgehead atoms. The molecular formula is C20H18FNO. The third-order valence-corrected chi connectivity index (χ3v) is 4.17. The highest BCUT2D eigenvalue weighted by molar-refractivity contribution is 5.99. The standard InChI is InChI=1S/C20H18FNO/c1-11-8-17(13(3)22)12(2)20(21)19(11)18-10-15(23)9-14-6-4-5-7-16(14)18/h4-10,23H,3,22H2,1-2H3. The molecule has 0 amide bonds. The zero-order chi connectivity index (χ0) is 16.7. The molecule has 0 aliphatic carbocycles. The van der Waals surface area contributed by atoms with Crippen molar-refractivity contribution in [1.82, 2.24) is 0 Å². The third-order valence-electron chi connectivity index (χ3n) is 4.17. The molecule has 3 heteroatoms. The van der Waals surface area contributed by atoms with Crippen molar-refractivity contribution < 1.29 is 9.50 Å². The maximum atomic E-state index is 15.1. The molecule has 3 rings (SSSR count). The number of fused-ring (bicyclic) bond motifs is 1. The van der Waals surface area contributed by atoms with Crippen molar-refractivity contribution in [2.45, 2.75) is 13.8 Å². The molecule has 3 N–H and O–H groups in total. The number of rotatable bonds is 2. The van der Waals surface area contributed by atoms with E-state index in [9.17, 15) is 5.11 Å². The fourth-order valence-corrected chi connectivity index (χ4v) is 3.04. The maximum absolute atomic E-state index is 15.1. The number of phenols is 1. The van der Waals surface area contributed by atoms with Crippen LogP contribution in [0.25, 0.3) is 27.6 Å². The smallest absolute Gasteiger partial charge is 0.134 e. The van der Waals surface area contributed by atoms with E-state index in [-0.39, 0.29) is 11.6 Å². The zero-order valence-corrected chi connectivity index (χ0v) is 13.2. The zero-order valence-electron chi connectivity index (χ0n) is 13.2. The number of aromatic hydroxyl groups is 1. The van der Waals surface area contributed by atoms with E-state index < -0.39 is 0 Å². The second-order valence-electron chi connectivity index (χ2n) is 5.79. The Balaban J connectivity index is 2.41. The molecule has 0 heterocycles. The van der Waals surface area contributed by atoms with Gasteiger partial charge in [-0.2, -0.15) is 0 Å². The van der Waals surface area contributed by atoms with Crippen LogP contribution in [-0.4, -0.2) is 5.11 Å². The summed E-state index contributed by atoms with van der Waals surface area (Å²) in [6, 6.07) is 12.7. The fourth-order valence-electron chi connectivity index (χ4n) is 3.04. The van der Waals surface area contributed by atoms with Gasteiger partial charge in [0.2, 0.25) is 0 Å². The second kappa shape index (κ2) is 5.43. The van der Waals surface area contributed by atoms with E-state index in [0.29, 0.717) is 28.0 Å². The lowest BCUT2D eigenvalue weighted by Crippen LogP contribution is -2.03. The second-order valence-corrected chi connectivity index (χ2v) is 5.79. The van der Waals surface area contributed by atoms with Crippen molar-refractivity contribution in [3.63, 3.8) is 0 Å². The van der Waals surface area contributed by atoms with Crippen LogP contribution in [-0.2, 0) is 0 Å². The highest BCUT2D eigenvalue weighted by atomic mass is 19.1. The van der Waals surface area contributed by atoms with Crippen molar-refractivity contribution >= 4 is 16.5 Å². The Kier molecular flexibility index (Phi) is 3.57. The van der Waals surface area contributed by atoms with Gasteiger partial charge in [-0.25, -0.2) is 4.39 Å². The van der Waals surface area contributed by atoms with E-state index in [4.69, 9.17) is 5.73 Å². The normalized spacial score (nSPS) is 10.9. The van der Waals surface area contributed by atoms with Gasteiger partial charge in [0, 0.05) is 16.8 Å². The van der Waals surface area contributed by atoms with Crippen LogP contribution in [0, 0.1) is 19.7 Å². The van der Waals surface area contributed by atoms with Crippen molar-refractivity contribution in [3.8, 4) is 16.9 Å². The minimum Gasteiger partial charge on any atom is -0.508 e. The number of hydrogen-bond donors (Lipinski definition) is 2. The first-order valence-electron chi connectivity index (χ1n) is 7.36. The molecule has 0 saturated heterocycles. The monoisotopic (exact) mass is 307 g/mol. The first kappa shape index (κ1) is 15.1. The molecule has 0 radical (unpaired) electrons. The molecule has 2 nitrogen and oxygen atoms in total. The largest absolute Gasteiger partial charge is 0.508 e. The molecule has 3 aromatic rings. The SMILES string of the molecule is C=C(N)c1cc(C)c(-c2cc(O)cc3ccccc23)c(F)c1C. The third kappa shape index (κ3) is 2.44. The predicted molar refractivity (Wildman–Crippen MR) is 93.7 cm³/mol. The fraction of sp³-hybridized carbons (Fsp3) is 0.100.